The fourth-order valence-electron chi connectivity index (χ4n) is 3.97. The van der Waals surface area contributed by atoms with Crippen molar-refractivity contribution in [3.05, 3.63) is 71.0 Å². The fourth-order valence-corrected chi connectivity index (χ4v) is 3.97. The largest absolute Gasteiger partial charge is 0.354 e. The van der Waals surface area contributed by atoms with Crippen LogP contribution in [0.3, 0.4) is 0 Å². The highest BCUT2D eigenvalue weighted by atomic mass is 19.1. The molecule has 4 rings (SSSR count). The van der Waals surface area contributed by atoms with Crippen LogP contribution in [0.25, 0.3) is 0 Å². The van der Waals surface area contributed by atoms with Gasteiger partial charge in [-0.25, -0.2) is 9.18 Å². The van der Waals surface area contributed by atoms with Crippen molar-refractivity contribution in [2.75, 3.05) is 13.1 Å². The number of imide groups is 1. The first-order valence-corrected chi connectivity index (χ1v) is 9.23. The molecule has 0 bridgehead atoms. The second kappa shape index (κ2) is 7.07. The number of carbonyl (C=O) groups excluding carboxylic acids is 3. The van der Waals surface area contributed by atoms with Gasteiger partial charge in [0, 0.05) is 6.54 Å². The lowest BCUT2D eigenvalue weighted by molar-refractivity contribution is -0.135. The maximum absolute atomic E-state index is 13.2. The zero-order chi connectivity index (χ0) is 19.7. The Labute approximate surface area is 161 Å². The summed E-state index contributed by atoms with van der Waals surface area (Å²) in [4.78, 5) is 38.6. The van der Waals surface area contributed by atoms with E-state index in [4.69, 9.17) is 0 Å². The van der Waals surface area contributed by atoms with Gasteiger partial charge in [-0.15, -0.1) is 0 Å². The van der Waals surface area contributed by atoms with E-state index >= 15 is 0 Å². The van der Waals surface area contributed by atoms with Crippen LogP contribution in [-0.4, -0.2) is 35.8 Å². The van der Waals surface area contributed by atoms with E-state index in [1.54, 1.807) is 12.1 Å². The molecule has 7 heteroatoms. The number of fused-ring (bicyclic) bond motifs is 2. The number of urea groups is 1. The summed E-state index contributed by atoms with van der Waals surface area (Å²) in [7, 11) is 0. The Morgan fingerprint density at radius 1 is 1.18 bits per heavy atom. The predicted molar refractivity (Wildman–Crippen MR) is 99.8 cm³/mol. The molecular formula is C21H20FN3O3. The van der Waals surface area contributed by atoms with Crippen LogP contribution in [0.4, 0.5) is 9.18 Å². The van der Waals surface area contributed by atoms with E-state index < -0.39 is 17.5 Å². The Kier molecular flexibility index (Phi) is 4.58. The van der Waals surface area contributed by atoms with Gasteiger partial charge in [0.25, 0.3) is 5.91 Å². The van der Waals surface area contributed by atoms with Gasteiger partial charge in [0.2, 0.25) is 5.91 Å². The number of nitrogens with one attached hydrogen (secondary N) is 2. The molecule has 144 valence electrons. The zero-order valence-corrected chi connectivity index (χ0v) is 15.2. The van der Waals surface area contributed by atoms with Gasteiger partial charge in [0.1, 0.15) is 17.9 Å². The minimum absolute atomic E-state index is 0.292. The average molecular weight is 381 g/mol. The summed E-state index contributed by atoms with van der Waals surface area (Å²) in [6, 6.07) is 13.1. The van der Waals surface area contributed by atoms with Gasteiger partial charge >= 0.3 is 6.03 Å². The quantitative estimate of drug-likeness (QED) is 0.777. The highest BCUT2D eigenvalue weighted by molar-refractivity contribution is 6.09. The third kappa shape index (κ3) is 3.13. The van der Waals surface area contributed by atoms with E-state index in [0.717, 1.165) is 21.6 Å². The van der Waals surface area contributed by atoms with Crippen LogP contribution in [0.2, 0.25) is 0 Å². The van der Waals surface area contributed by atoms with E-state index in [-0.39, 0.29) is 18.3 Å². The van der Waals surface area contributed by atoms with Gasteiger partial charge in [-0.2, -0.15) is 0 Å². The SMILES string of the molecule is O=C(CN1C(=O)NC2(CCc3ccccc32)C1=O)NCCc1cccc(F)c1. The molecule has 1 atom stereocenters. The van der Waals surface area contributed by atoms with Crippen LogP contribution in [0.1, 0.15) is 23.1 Å². The Hall–Kier alpha value is -3.22. The molecule has 1 fully saturated rings. The molecule has 2 N–H and O–H groups in total. The number of rotatable bonds is 5. The van der Waals surface area contributed by atoms with Crippen LogP contribution in [0, 0.1) is 5.82 Å². The number of halogens is 1. The van der Waals surface area contributed by atoms with Crippen LogP contribution in [0.5, 0.6) is 0 Å². The number of aryl methyl sites for hydroxylation is 1. The molecule has 2 aromatic carbocycles. The molecule has 28 heavy (non-hydrogen) atoms. The Morgan fingerprint density at radius 2 is 2.00 bits per heavy atom. The standard InChI is InChI=1S/C21H20FN3O3/c22-16-6-3-4-14(12-16)9-11-23-18(26)13-25-19(27)21(24-20(25)28)10-8-15-5-1-2-7-17(15)21/h1-7,12H,8-11,13H2,(H,23,26)(H,24,28). The van der Waals surface area contributed by atoms with Crippen molar-refractivity contribution >= 4 is 17.8 Å². The maximum Gasteiger partial charge on any atom is 0.325 e. The van der Waals surface area contributed by atoms with Crippen molar-refractivity contribution < 1.29 is 18.8 Å². The van der Waals surface area contributed by atoms with E-state index in [1.165, 1.54) is 12.1 Å². The highest BCUT2D eigenvalue weighted by Crippen LogP contribution is 2.41. The maximum atomic E-state index is 13.2. The van der Waals surface area contributed by atoms with E-state index in [2.05, 4.69) is 10.6 Å². The smallest absolute Gasteiger partial charge is 0.325 e. The summed E-state index contributed by atoms with van der Waals surface area (Å²) in [5.41, 5.74) is 1.55. The van der Waals surface area contributed by atoms with Crippen LogP contribution < -0.4 is 10.6 Å². The average Bonchev–Trinajstić information content (AvgIpc) is 3.16. The second-order valence-corrected chi connectivity index (χ2v) is 7.11. The molecule has 1 heterocycles. The summed E-state index contributed by atoms with van der Waals surface area (Å²) in [6.45, 7) is -0.0440. The number of hydrogen-bond donors (Lipinski definition) is 2. The van der Waals surface area contributed by atoms with Crippen LogP contribution >= 0.6 is 0 Å². The van der Waals surface area contributed by atoms with E-state index in [0.29, 0.717) is 25.8 Å². The molecule has 1 unspecified atom stereocenters. The third-order valence-corrected chi connectivity index (χ3v) is 5.35. The monoisotopic (exact) mass is 381 g/mol. The van der Waals surface area contributed by atoms with E-state index in [9.17, 15) is 18.8 Å². The topological polar surface area (TPSA) is 78.5 Å². The molecule has 0 radical (unpaired) electrons. The number of hydrogen-bond acceptors (Lipinski definition) is 3. The van der Waals surface area contributed by atoms with Crippen molar-refractivity contribution in [2.45, 2.75) is 24.8 Å². The summed E-state index contributed by atoms with van der Waals surface area (Å²) in [5.74, 6) is -1.14. The first-order chi connectivity index (χ1) is 13.5. The first-order valence-electron chi connectivity index (χ1n) is 9.23. The molecule has 0 saturated carbocycles. The van der Waals surface area contributed by atoms with Crippen molar-refractivity contribution in [3.63, 3.8) is 0 Å². The molecule has 1 saturated heterocycles. The molecule has 4 amide bonds. The molecule has 2 aliphatic rings. The minimum atomic E-state index is -1.06. The van der Waals surface area contributed by atoms with Crippen molar-refractivity contribution in [2.24, 2.45) is 0 Å². The molecule has 0 aromatic heterocycles. The molecule has 1 spiro atoms. The number of carbonyl (C=O) groups is 3. The first kappa shape index (κ1) is 18.2. The zero-order valence-electron chi connectivity index (χ0n) is 15.2. The van der Waals surface area contributed by atoms with Crippen molar-refractivity contribution in [1.29, 1.82) is 0 Å². The normalized spacial score (nSPS) is 20.4. The van der Waals surface area contributed by atoms with Crippen molar-refractivity contribution in [1.82, 2.24) is 15.5 Å². The van der Waals surface area contributed by atoms with Gasteiger partial charge in [0.15, 0.2) is 0 Å². The highest BCUT2D eigenvalue weighted by Gasteiger charge is 2.55. The second-order valence-electron chi connectivity index (χ2n) is 7.11. The lowest BCUT2D eigenvalue weighted by atomic mass is 9.92. The molecule has 1 aliphatic heterocycles. The number of amides is 4. The van der Waals surface area contributed by atoms with Gasteiger partial charge in [-0.05, 0) is 48.1 Å². The fraction of sp³-hybridized carbons (Fsp3) is 0.286. The van der Waals surface area contributed by atoms with Gasteiger partial charge in [0.05, 0.1) is 0 Å². The molecule has 6 nitrogen and oxygen atoms in total. The number of benzene rings is 2. The van der Waals surface area contributed by atoms with Gasteiger partial charge in [-0.3, -0.25) is 14.5 Å². The Bertz CT molecular complexity index is 961. The van der Waals surface area contributed by atoms with Crippen LogP contribution in [0.15, 0.2) is 48.5 Å². The predicted octanol–water partition coefficient (Wildman–Crippen LogP) is 1.88. The third-order valence-electron chi connectivity index (χ3n) is 5.35. The van der Waals surface area contributed by atoms with E-state index in [1.807, 2.05) is 24.3 Å². The molecule has 2 aromatic rings. The van der Waals surface area contributed by atoms with Gasteiger partial charge < -0.3 is 10.6 Å². The Balaban J connectivity index is 1.38. The Morgan fingerprint density at radius 3 is 2.82 bits per heavy atom. The summed E-state index contributed by atoms with van der Waals surface area (Å²) < 4.78 is 13.2. The summed E-state index contributed by atoms with van der Waals surface area (Å²) in [6.07, 6.45) is 1.66. The lowest BCUT2D eigenvalue weighted by Crippen LogP contribution is -2.44. The number of nitrogens with zero attached hydrogens (tertiary/aromatic N) is 1. The molecule has 1 aliphatic carbocycles. The molecular weight excluding hydrogens is 361 g/mol. The summed E-state index contributed by atoms with van der Waals surface area (Å²) in [5, 5.41) is 5.48. The summed E-state index contributed by atoms with van der Waals surface area (Å²) >= 11 is 0. The van der Waals surface area contributed by atoms with Crippen LogP contribution in [-0.2, 0) is 28.0 Å². The lowest BCUT2D eigenvalue weighted by Gasteiger charge is -2.22. The van der Waals surface area contributed by atoms with Gasteiger partial charge in [-0.1, -0.05) is 36.4 Å². The van der Waals surface area contributed by atoms with Crippen molar-refractivity contribution in [3.8, 4) is 0 Å². The minimum Gasteiger partial charge on any atom is -0.354 e.